The van der Waals surface area contributed by atoms with Crippen LogP contribution in [0.1, 0.15) is 19.4 Å². The van der Waals surface area contributed by atoms with E-state index in [-0.39, 0.29) is 5.82 Å². The van der Waals surface area contributed by atoms with Gasteiger partial charge in [-0.1, -0.05) is 12.1 Å². The van der Waals surface area contributed by atoms with E-state index in [1.807, 2.05) is 6.07 Å². The van der Waals surface area contributed by atoms with Gasteiger partial charge in [-0.3, -0.25) is 0 Å². The monoisotopic (exact) mass is 197 g/mol. The molecule has 0 bridgehead atoms. The fourth-order valence-electron chi connectivity index (χ4n) is 1.16. The number of aliphatic hydroxyl groups is 1. The molecular formula is C11H16FNO. The molecule has 1 rings (SSSR count). The van der Waals surface area contributed by atoms with Gasteiger partial charge in [-0.2, -0.15) is 0 Å². The van der Waals surface area contributed by atoms with Crippen molar-refractivity contribution < 1.29 is 9.50 Å². The number of hydrogen-bond acceptors (Lipinski definition) is 2. The quantitative estimate of drug-likeness (QED) is 0.769. The molecule has 0 atom stereocenters. The lowest BCUT2D eigenvalue weighted by Gasteiger charge is -2.17. The van der Waals surface area contributed by atoms with Crippen molar-refractivity contribution in [3.8, 4) is 0 Å². The molecule has 0 amide bonds. The van der Waals surface area contributed by atoms with Gasteiger partial charge >= 0.3 is 0 Å². The van der Waals surface area contributed by atoms with Gasteiger partial charge in [-0.15, -0.1) is 0 Å². The van der Waals surface area contributed by atoms with Gasteiger partial charge in [0.15, 0.2) is 0 Å². The summed E-state index contributed by atoms with van der Waals surface area (Å²) >= 11 is 0. The minimum absolute atomic E-state index is 0.229. The number of nitrogens with one attached hydrogen (secondary N) is 1. The first-order valence-corrected chi connectivity index (χ1v) is 4.65. The summed E-state index contributed by atoms with van der Waals surface area (Å²) in [5.74, 6) is -0.229. The molecular weight excluding hydrogens is 181 g/mol. The van der Waals surface area contributed by atoms with Gasteiger partial charge in [0, 0.05) is 13.1 Å². The summed E-state index contributed by atoms with van der Waals surface area (Å²) in [5.41, 5.74) is 0.155. The predicted octanol–water partition coefficient (Wildman–Crippen LogP) is 1.69. The lowest BCUT2D eigenvalue weighted by atomic mass is 10.1. The second kappa shape index (κ2) is 4.53. The molecule has 2 nitrogen and oxygen atoms in total. The Labute approximate surface area is 83.8 Å². The highest BCUT2D eigenvalue weighted by atomic mass is 19.1. The van der Waals surface area contributed by atoms with Crippen molar-refractivity contribution in [2.45, 2.75) is 26.0 Å². The van der Waals surface area contributed by atoms with Crippen LogP contribution in [0, 0.1) is 5.82 Å². The zero-order chi connectivity index (χ0) is 10.6. The van der Waals surface area contributed by atoms with Crippen LogP contribution in [0.3, 0.4) is 0 Å². The Morgan fingerprint density at radius 1 is 1.43 bits per heavy atom. The fraction of sp³-hybridized carbons (Fsp3) is 0.455. The van der Waals surface area contributed by atoms with Crippen LogP contribution in [-0.2, 0) is 6.54 Å². The van der Waals surface area contributed by atoms with Crippen LogP contribution >= 0.6 is 0 Å². The van der Waals surface area contributed by atoms with Crippen molar-refractivity contribution in [2.75, 3.05) is 6.54 Å². The molecule has 1 aromatic rings. The molecule has 2 N–H and O–H groups in total. The third kappa shape index (κ3) is 4.35. The average Bonchev–Trinajstić information content (AvgIpc) is 2.01. The average molecular weight is 197 g/mol. The van der Waals surface area contributed by atoms with Crippen molar-refractivity contribution in [3.05, 3.63) is 35.6 Å². The van der Waals surface area contributed by atoms with Gasteiger partial charge < -0.3 is 10.4 Å². The molecule has 3 heteroatoms. The maximum atomic E-state index is 12.8. The van der Waals surface area contributed by atoms with Gasteiger partial charge in [0.1, 0.15) is 5.82 Å². The number of halogens is 1. The van der Waals surface area contributed by atoms with Gasteiger partial charge in [-0.25, -0.2) is 4.39 Å². The van der Waals surface area contributed by atoms with Crippen LogP contribution in [0.5, 0.6) is 0 Å². The van der Waals surface area contributed by atoms with Crippen LogP contribution in [0.2, 0.25) is 0 Å². The van der Waals surface area contributed by atoms with E-state index in [2.05, 4.69) is 5.32 Å². The van der Waals surface area contributed by atoms with Crippen LogP contribution in [0.15, 0.2) is 24.3 Å². The van der Waals surface area contributed by atoms with Gasteiger partial charge in [-0.05, 0) is 31.5 Å². The summed E-state index contributed by atoms with van der Waals surface area (Å²) in [6.45, 7) is 4.52. The van der Waals surface area contributed by atoms with E-state index in [9.17, 15) is 9.50 Å². The molecule has 1 aromatic carbocycles. The van der Waals surface area contributed by atoms with Crippen LogP contribution in [-0.4, -0.2) is 17.3 Å². The molecule has 0 aromatic heterocycles. The second-order valence-electron chi connectivity index (χ2n) is 4.05. The summed E-state index contributed by atoms with van der Waals surface area (Å²) in [4.78, 5) is 0. The highest BCUT2D eigenvalue weighted by molar-refractivity contribution is 5.15. The molecule has 14 heavy (non-hydrogen) atoms. The molecule has 0 aliphatic carbocycles. The van der Waals surface area contributed by atoms with E-state index in [0.717, 1.165) is 5.56 Å². The van der Waals surface area contributed by atoms with E-state index < -0.39 is 5.60 Å². The first kappa shape index (κ1) is 11.1. The maximum Gasteiger partial charge on any atom is 0.123 e. The van der Waals surface area contributed by atoms with Gasteiger partial charge in [0.2, 0.25) is 0 Å². The highest BCUT2D eigenvalue weighted by Gasteiger charge is 2.10. The maximum absolute atomic E-state index is 12.8. The molecule has 0 spiro atoms. The molecule has 0 heterocycles. The third-order valence-electron chi connectivity index (χ3n) is 1.78. The van der Waals surface area contributed by atoms with Crippen LogP contribution in [0.25, 0.3) is 0 Å². The Morgan fingerprint density at radius 3 is 2.71 bits per heavy atom. The largest absolute Gasteiger partial charge is 0.389 e. The number of benzene rings is 1. The Morgan fingerprint density at radius 2 is 2.14 bits per heavy atom. The van der Waals surface area contributed by atoms with E-state index in [0.29, 0.717) is 13.1 Å². The second-order valence-corrected chi connectivity index (χ2v) is 4.05. The fourth-order valence-corrected chi connectivity index (χ4v) is 1.16. The lowest BCUT2D eigenvalue weighted by Crippen LogP contribution is -2.34. The molecule has 78 valence electrons. The molecule has 0 saturated carbocycles. The number of rotatable bonds is 4. The Balaban J connectivity index is 2.39. The molecule has 0 unspecified atom stereocenters. The molecule has 0 fully saturated rings. The zero-order valence-corrected chi connectivity index (χ0v) is 8.55. The normalized spacial score (nSPS) is 11.7. The first-order chi connectivity index (χ1) is 6.47. The predicted molar refractivity (Wildman–Crippen MR) is 54.4 cm³/mol. The SMILES string of the molecule is CC(C)(O)CNCc1cccc(F)c1. The molecule has 0 radical (unpaired) electrons. The molecule has 0 saturated heterocycles. The van der Waals surface area contributed by atoms with Crippen molar-refractivity contribution >= 4 is 0 Å². The minimum atomic E-state index is -0.729. The minimum Gasteiger partial charge on any atom is -0.389 e. The summed E-state index contributed by atoms with van der Waals surface area (Å²) in [6, 6.07) is 6.42. The standard InChI is InChI=1S/C11H16FNO/c1-11(2,14)8-13-7-9-4-3-5-10(12)6-9/h3-6,13-14H,7-8H2,1-2H3. The Kier molecular flexibility index (Phi) is 3.61. The van der Waals surface area contributed by atoms with Crippen LogP contribution < -0.4 is 5.32 Å². The Hall–Kier alpha value is -0.930. The third-order valence-corrected chi connectivity index (χ3v) is 1.78. The van der Waals surface area contributed by atoms with Crippen molar-refractivity contribution in [1.82, 2.24) is 5.32 Å². The van der Waals surface area contributed by atoms with E-state index in [1.165, 1.54) is 12.1 Å². The van der Waals surface area contributed by atoms with E-state index in [4.69, 9.17) is 0 Å². The van der Waals surface area contributed by atoms with E-state index >= 15 is 0 Å². The van der Waals surface area contributed by atoms with Gasteiger partial charge in [0.05, 0.1) is 5.60 Å². The topological polar surface area (TPSA) is 32.3 Å². The van der Waals surface area contributed by atoms with Crippen molar-refractivity contribution in [3.63, 3.8) is 0 Å². The lowest BCUT2D eigenvalue weighted by molar-refractivity contribution is 0.0795. The summed E-state index contributed by atoms with van der Waals surface area (Å²) < 4.78 is 12.8. The van der Waals surface area contributed by atoms with Crippen molar-refractivity contribution in [2.24, 2.45) is 0 Å². The Bertz CT molecular complexity index is 294. The summed E-state index contributed by atoms with van der Waals surface area (Å²) in [6.07, 6.45) is 0. The molecule has 0 aliphatic heterocycles. The molecule has 0 aliphatic rings. The highest BCUT2D eigenvalue weighted by Crippen LogP contribution is 2.04. The summed E-state index contributed by atoms with van der Waals surface area (Å²) in [5, 5.41) is 12.5. The van der Waals surface area contributed by atoms with Crippen LogP contribution in [0.4, 0.5) is 4.39 Å². The number of hydrogen-bond donors (Lipinski definition) is 2. The van der Waals surface area contributed by atoms with E-state index in [1.54, 1.807) is 19.9 Å². The summed E-state index contributed by atoms with van der Waals surface area (Å²) in [7, 11) is 0. The zero-order valence-electron chi connectivity index (χ0n) is 8.55. The smallest absolute Gasteiger partial charge is 0.123 e. The van der Waals surface area contributed by atoms with Gasteiger partial charge in [0.25, 0.3) is 0 Å². The van der Waals surface area contributed by atoms with Crippen molar-refractivity contribution in [1.29, 1.82) is 0 Å². The first-order valence-electron chi connectivity index (χ1n) is 4.65.